The maximum atomic E-state index is 4.05. The quantitative estimate of drug-likeness (QED) is 0.748. The zero-order chi connectivity index (χ0) is 9.38. The number of benzene rings is 1. The molecule has 1 fully saturated rings. The van der Waals surface area contributed by atoms with Gasteiger partial charge in [0.2, 0.25) is 0 Å². The van der Waals surface area contributed by atoms with Crippen LogP contribution in [0.3, 0.4) is 0 Å². The summed E-state index contributed by atoms with van der Waals surface area (Å²) < 4.78 is 0. The molecule has 0 radical (unpaired) electrons. The Kier molecular flexibility index (Phi) is 1.84. The van der Waals surface area contributed by atoms with Crippen molar-refractivity contribution in [1.29, 1.82) is 0 Å². The van der Waals surface area contributed by atoms with Crippen LogP contribution in [0.4, 0.5) is 0 Å². The van der Waals surface area contributed by atoms with Crippen LogP contribution in [0.2, 0.25) is 0 Å². The normalized spacial score (nSPS) is 15.7. The van der Waals surface area contributed by atoms with E-state index in [0.717, 1.165) is 10.9 Å². The van der Waals surface area contributed by atoms with Crippen molar-refractivity contribution in [3.05, 3.63) is 35.3 Å². The van der Waals surface area contributed by atoms with Crippen molar-refractivity contribution in [1.82, 2.24) is 10.2 Å². The van der Waals surface area contributed by atoms with E-state index in [0.29, 0.717) is 0 Å². The lowest BCUT2D eigenvalue weighted by Gasteiger charge is -1.98. The van der Waals surface area contributed by atoms with Crippen molar-refractivity contribution < 1.29 is 0 Å². The predicted molar refractivity (Wildman–Crippen MR) is 57.3 cm³/mol. The van der Waals surface area contributed by atoms with E-state index < -0.39 is 0 Å². The lowest BCUT2D eigenvalue weighted by atomic mass is 10.1. The zero-order valence-electron chi connectivity index (χ0n) is 7.68. The highest BCUT2D eigenvalue weighted by molar-refractivity contribution is 7.12. The molecule has 0 N–H and O–H groups in total. The minimum absolute atomic E-state index is 0.832. The third-order valence-electron chi connectivity index (χ3n) is 2.57. The van der Waals surface area contributed by atoms with E-state index in [4.69, 9.17) is 0 Å². The van der Waals surface area contributed by atoms with Gasteiger partial charge >= 0.3 is 0 Å². The van der Waals surface area contributed by atoms with E-state index in [-0.39, 0.29) is 0 Å². The smallest absolute Gasteiger partial charge is 0.147 e. The van der Waals surface area contributed by atoms with E-state index in [1.807, 2.05) is 0 Å². The molecule has 0 saturated heterocycles. The van der Waals surface area contributed by atoms with E-state index in [1.54, 1.807) is 16.8 Å². The van der Waals surface area contributed by atoms with Crippen molar-refractivity contribution in [2.24, 2.45) is 0 Å². The van der Waals surface area contributed by atoms with E-state index >= 15 is 0 Å². The van der Waals surface area contributed by atoms with Gasteiger partial charge in [0.25, 0.3) is 0 Å². The lowest BCUT2D eigenvalue weighted by Crippen LogP contribution is -1.80. The molecule has 1 saturated carbocycles. The largest absolute Gasteiger partial charge is 0.147 e. The second-order valence-corrected chi connectivity index (χ2v) is 4.47. The number of aromatic nitrogens is 2. The summed E-state index contributed by atoms with van der Waals surface area (Å²) in [6.07, 6.45) is 2.72. The van der Waals surface area contributed by atoms with Crippen molar-refractivity contribution in [2.45, 2.75) is 18.8 Å². The highest BCUT2D eigenvalue weighted by Gasteiger charge is 2.22. The van der Waals surface area contributed by atoms with Crippen LogP contribution in [0, 0.1) is 0 Å². The molecule has 14 heavy (non-hydrogen) atoms. The van der Waals surface area contributed by atoms with Crippen molar-refractivity contribution in [3.8, 4) is 10.6 Å². The van der Waals surface area contributed by atoms with Gasteiger partial charge in [-0.3, -0.25) is 0 Å². The Hall–Kier alpha value is -1.22. The van der Waals surface area contributed by atoms with Crippen LogP contribution in [0.25, 0.3) is 10.6 Å². The van der Waals surface area contributed by atoms with Crippen LogP contribution in [0.1, 0.15) is 24.3 Å². The Balaban J connectivity index is 1.93. The zero-order valence-corrected chi connectivity index (χ0v) is 8.50. The fourth-order valence-corrected chi connectivity index (χ4v) is 2.17. The molecule has 1 heterocycles. The van der Waals surface area contributed by atoms with Crippen molar-refractivity contribution in [2.75, 3.05) is 0 Å². The SMILES string of the molecule is c1nnc(-c2ccc(C3CC3)cc2)s1. The summed E-state index contributed by atoms with van der Waals surface area (Å²) in [7, 11) is 0. The van der Waals surface area contributed by atoms with Gasteiger partial charge in [0.15, 0.2) is 0 Å². The molecule has 2 nitrogen and oxygen atoms in total. The number of hydrogen-bond acceptors (Lipinski definition) is 3. The first kappa shape index (κ1) is 8.12. The molecule has 0 spiro atoms. The number of hydrogen-bond donors (Lipinski definition) is 0. The van der Waals surface area contributed by atoms with Gasteiger partial charge in [-0.1, -0.05) is 35.6 Å². The van der Waals surface area contributed by atoms with Gasteiger partial charge in [0, 0.05) is 5.56 Å². The Morgan fingerprint density at radius 1 is 1.14 bits per heavy atom. The standard InChI is InChI=1S/C11H10N2S/c1-2-8(1)9-3-5-10(6-4-9)11-13-12-7-14-11/h3-8H,1-2H2. The van der Waals surface area contributed by atoms with Gasteiger partial charge in [0.05, 0.1) is 0 Å². The summed E-state index contributed by atoms with van der Waals surface area (Å²) in [6.45, 7) is 0. The lowest BCUT2D eigenvalue weighted by molar-refractivity contribution is 1.09. The second kappa shape index (κ2) is 3.17. The first-order valence-electron chi connectivity index (χ1n) is 4.80. The van der Waals surface area contributed by atoms with Crippen LogP contribution in [-0.4, -0.2) is 10.2 Å². The predicted octanol–water partition coefficient (Wildman–Crippen LogP) is 3.08. The summed E-state index contributed by atoms with van der Waals surface area (Å²) >= 11 is 1.58. The molecule has 0 unspecified atom stereocenters. The minimum atomic E-state index is 0.832. The molecule has 0 aliphatic heterocycles. The monoisotopic (exact) mass is 202 g/mol. The molecule has 0 bridgehead atoms. The maximum Gasteiger partial charge on any atom is 0.147 e. The molecule has 0 atom stereocenters. The molecule has 1 aliphatic carbocycles. The van der Waals surface area contributed by atoms with Crippen molar-refractivity contribution in [3.63, 3.8) is 0 Å². The van der Waals surface area contributed by atoms with Crippen LogP contribution >= 0.6 is 11.3 Å². The molecule has 1 aromatic heterocycles. The number of nitrogens with zero attached hydrogens (tertiary/aromatic N) is 2. The second-order valence-electron chi connectivity index (χ2n) is 3.64. The molecule has 3 rings (SSSR count). The van der Waals surface area contributed by atoms with Gasteiger partial charge < -0.3 is 0 Å². The molecular weight excluding hydrogens is 192 g/mol. The summed E-state index contributed by atoms with van der Waals surface area (Å²) in [6, 6.07) is 8.73. The average molecular weight is 202 g/mol. The molecular formula is C11H10N2S. The maximum absolute atomic E-state index is 4.05. The fourth-order valence-electron chi connectivity index (χ4n) is 1.61. The average Bonchev–Trinajstić information content (AvgIpc) is 2.94. The van der Waals surface area contributed by atoms with E-state index in [9.17, 15) is 0 Å². The van der Waals surface area contributed by atoms with Crippen LogP contribution < -0.4 is 0 Å². The third kappa shape index (κ3) is 1.44. The van der Waals surface area contributed by atoms with Crippen molar-refractivity contribution >= 4 is 11.3 Å². The summed E-state index contributed by atoms with van der Waals surface area (Å²) in [5.41, 5.74) is 4.42. The number of rotatable bonds is 2. The molecule has 70 valence electrons. The first-order valence-corrected chi connectivity index (χ1v) is 5.68. The Bertz CT molecular complexity index is 415. The van der Waals surface area contributed by atoms with Crippen LogP contribution in [-0.2, 0) is 0 Å². The van der Waals surface area contributed by atoms with E-state index in [1.165, 1.54) is 24.0 Å². The highest BCUT2D eigenvalue weighted by Crippen LogP contribution is 2.40. The van der Waals surface area contributed by atoms with Crippen LogP contribution in [0.5, 0.6) is 0 Å². The summed E-state index contributed by atoms with van der Waals surface area (Å²) in [4.78, 5) is 0. The summed E-state index contributed by atoms with van der Waals surface area (Å²) in [5, 5.41) is 8.89. The Morgan fingerprint density at radius 2 is 1.93 bits per heavy atom. The van der Waals surface area contributed by atoms with Gasteiger partial charge in [-0.2, -0.15) is 0 Å². The van der Waals surface area contributed by atoms with Gasteiger partial charge in [-0.25, -0.2) is 0 Å². The Morgan fingerprint density at radius 3 is 2.50 bits per heavy atom. The fraction of sp³-hybridized carbons (Fsp3) is 0.273. The minimum Gasteiger partial charge on any atom is -0.147 e. The topological polar surface area (TPSA) is 25.8 Å². The highest BCUT2D eigenvalue weighted by atomic mass is 32.1. The van der Waals surface area contributed by atoms with Crippen LogP contribution in [0.15, 0.2) is 29.8 Å². The molecule has 1 aromatic carbocycles. The van der Waals surface area contributed by atoms with Gasteiger partial charge in [0.1, 0.15) is 10.5 Å². The Labute approximate surface area is 86.6 Å². The van der Waals surface area contributed by atoms with Gasteiger partial charge in [-0.15, -0.1) is 10.2 Å². The molecule has 2 aromatic rings. The summed E-state index contributed by atoms with van der Waals surface area (Å²) in [5.74, 6) is 0.832. The molecule has 1 aliphatic rings. The first-order chi connectivity index (χ1) is 6.93. The third-order valence-corrected chi connectivity index (χ3v) is 3.31. The van der Waals surface area contributed by atoms with E-state index in [2.05, 4.69) is 34.5 Å². The van der Waals surface area contributed by atoms with Gasteiger partial charge in [-0.05, 0) is 24.3 Å². The molecule has 0 amide bonds. The molecule has 3 heteroatoms.